The minimum atomic E-state index is -0.558. The fraction of sp³-hybridized carbons (Fsp3) is 0.0833. The van der Waals surface area contributed by atoms with Gasteiger partial charge in [-0.15, -0.1) is 0 Å². The third-order valence-corrected chi connectivity index (χ3v) is 2.91. The molecule has 0 aliphatic carbocycles. The van der Waals surface area contributed by atoms with E-state index in [0.29, 0.717) is 10.3 Å². The first-order valence-electron chi connectivity index (χ1n) is 4.96. The first-order chi connectivity index (χ1) is 8.18. The molecule has 1 aromatic heterocycles. The van der Waals surface area contributed by atoms with Gasteiger partial charge in [-0.05, 0) is 40.2 Å². The van der Waals surface area contributed by atoms with E-state index in [2.05, 4.69) is 26.2 Å². The Labute approximate surface area is 106 Å². The molecule has 0 saturated heterocycles. The van der Waals surface area contributed by atoms with Crippen molar-refractivity contribution in [3.05, 3.63) is 58.3 Å². The Balaban J connectivity index is 2.16. The average Bonchev–Trinajstić information content (AvgIpc) is 2.30. The summed E-state index contributed by atoms with van der Waals surface area (Å²) in [5.41, 5.74) is 0.707. The number of halogens is 3. The molecular weight excluding hydrogens is 290 g/mol. The molecule has 0 amide bonds. The van der Waals surface area contributed by atoms with Gasteiger partial charge in [-0.2, -0.15) is 0 Å². The molecule has 0 aliphatic heterocycles. The van der Waals surface area contributed by atoms with E-state index in [1.165, 1.54) is 18.2 Å². The summed E-state index contributed by atoms with van der Waals surface area (Å²) in [6.45, 7) is 0.0722. The van der Waals surface area contributed by atoms with Gasteiger partial charge in [0.15, 0.2) is 0 Å². The van der Waals surface area contributed by atoms with Crippen LogP contribution in [0, 0.1) is 11.6 Å². The SMILES string of the molecule is Fc1cccc(F)c1CNc1cccnc1Br. The second-order valence-corrected chi connectivity index (χ2v) is 4.15. The van der Waals surface area contributed by atoms with Crippen molar-refractivity contribution in [1.82, 2.24) is 4.98 Å². The van der Waals surface area contributed by atoms with E-state index in [1.807, 2.05) is 0 Å². The maximum Gasteiger partial charge on any atom is 0.131 e. The molecule has 1 aromatic carbocycles. The van der Waals surface area contributed by atoms with Crippen LogP contribution in [0.5, 0.6) is 0 Å². The van der Waals surface area contributed by atoms with Crippen molar-refractivity contribution in [3.63, 3.8) is 0 Å². The Morgan fingerprint density at radius 3 is 2.47 bits per heavy atom. The van der Waals surface area contributed by atoms with Crippen LogP contribution >= 0.6 is 15.9 Å². The second kappa shape index (κ2) is 5.23. The monoisotopic (exact) mass is 298 g/mol. The molecule has 0 aliphatic rings. The zero-order valence-corrected chi connectivity index (χ0v) is 10.3. The van der Waals surface area contributed by atoms with E-state index in [-0.39, 0.29) is 12.1 Å². The van der Waals surface area contributed by atoms with Crippen molar-refractivity contribution in [2.45, 2.75) is 6.54 Å². The molecular formula is C12H9BrF2N2. The van der Waals surface area contributed by atoms with Crippen LogP contribution in [0.2, 0.25) is 0 Å². The molecule has 1 N–H and O–H groups in total. The highest BCUT2D eigenvalue weighted by Crippen LogP contribution is 2.20. The summed E-state index contributed by atoms with van der Waals surface area (Å²) in [6.07, 6.45) is 1.62. The second-order valence-electron chi connectivity index (χ2n) is 3.40. The van der Waals surface area contributed by atoms with E-state index >= 15 is 0 Å². The molecule has 0 radical (unpaired) electrons. The van der Waals surface area contributed by atoms with Gasteiger partial charge in [0.2, 0.25) is 0 Å². The third-order valence-electron chi connectivity index (χ3n) is 2.28. The van der Waals surface area contributed by atoms with Gasteiger partial charge in [-0.3, -0.25) is 0 Å². The molecule has 2 aromatic rings. The highest BCUT2D eigenvalue weighted by atomic mass is 79.9. The van der Waals surface area contributed by atoms with Gasteiger partial charge in [0.1, 0.15) is 16.2 Å². The van der Waals surface area contributed by atoms with E-state index in [0.717, 1.165) is 0 Å². The Bertz CT molecular complexity index is 511. The lowest BCUT2D eigenvalue weighted by atomic mass is 10.2. The highest BCUT2D eigenvalue weighted by Gasteiger charge is 2.08. The smallest absolute Gasteiger partial charge is 0.131 e. The van der Waals surface area contributed by atoms with Crippen molar-refractivity contribution in [1.29, 1.82) is 0 Å². The molecule has 0 spiro atoms. The Kier molecular flexibility index (Phi) is 3.68. The Morgan fingerprint density at radius 1 is 1.12 bits per heavy atom. The van der Waals surface area contributed by atoms with Gasteiger partial charge < -0.3 is 5.32 Å². The van der Waals surface area contributed by atoms with E-state index < -0.39 is 11.6 Å². The van der Waals surface area contributed by atoms with Gasteiger partial charge in [-0.25, -0.2) is 13.8 Å². The molecule has 0 fully saturated rings. The van der Waals surface area contributed by atoms with Crippen LogP contribution in [-0.2, 0) is 6.54 Å². The number of hydrogen-bond acceptors (Lipinski definition) is 2. The van der Waals surface area contributed by atoms with Crippen LogP contribution in [0.1, 0.15) is 5.56 Å². The number of hydrogen-bond donors (Lipinski definition) is 1. The maximum atomic E-state index is 13.3. The maximum absolute atomic E-state index is 13.3. The Hall–Kier alpha value is -1.49. The number of aromatic nitrogens is 1. The lowest BCUT2D eigenvalue weighted by molar-refractivity contribution is 0.560. The predicted octanol–water partition coefficient (Wildman–Crippen LogP) is 3.73. The van der Waals surface area contributed by atoms with Crippen molar-refractivity contribution in [2.24, 2.45) is 0 Å². The van der Waals surface area contributed by atoms with Crippen LogP contribution in [0.4, 0.5) is 14.5 Å². The molecule has 0 atom stereocenters. The number of pyridine rings is 1. The normalized spacial score (nSPS) is 10.3. The summed E-state index contributed by atoms with van der Waals surface area (Å²) in [4.78, 5) is 4.00. The molecule has 17 heavy (non-hydrogen) atoms. The number of benzene rings is 1. The van der Waals surface area contributed by atoms with Crippen LogP contribution < -0.4 is 5.32 Å². The molecule has 2 nitrogen and oxygen atoms in total. The topological polar surface area (TPSA) is 24.9 Å². The van der Waals surface area contributed by atoms with Crippen LogP contribution in [0.15, 0.2) is 41.1 Å². The van der Waals surface area contributed by atoms with E-state index in [9.17, 15) is 8.78 Å². The van der Waals surface area contributed by atoms with Gasteiger partial charge in [0.05, 0.1) is 5.69 Å². The summed E-state index contributed by atoms with van der Waals surface area (Å²) in [5.74, 6) is -1.12. The largest absolute Gasteiger partial charge is 0.379 e. The fourth-order valence-electron chi connectivity index (χ4n) is 1.40. The van der Waals surface area contributed by atoms with E-state index in [1.54, 1.807) is 18.3 Å². The molecule has 5 heteroatoms. The molecule has 88 valence electrons. The summed E-state index contributed by atoms with van der Waals surface area (Å²) in [6, 6.07) is 7.32. The van der Waals surface area contributed by atoms with Gasteiger partial charge in [0, 0.05) is 18.3 Å². The quantitative estimate of drug-likeness (QED) is 0.873. The summed E-state index contributed by atoms with van der Waals surface area (Å²) in [5, 5.41) is 2.92. The number of nitrogens with zero attached hydrogens (tertiary/aromatic N) is 1. The van der Waals surface area contributed by atoms with Crippen molar-refractivity contribution in [3.8, 4) is 0 Å². The number of nitrogens with one attached hydrogen (secondary N) is 1. The van der Waals surface area contributed by atoms with Gasteiger partial charge in [-0.1, -0.05) is 6.07 Å². The minimum Gasteiger partial charge on any atom is -0.379 e. The molecule has 0 saturated carbocycles. The Morgan fingerprint density at radius 2 is 1.82 bits per heavy atom. The first kappa shape index (κ1) is 12.0. The van der Waals surface area contributed by atoms with Crippen LogP contribution in [-0.4, -0.2) is 4.98 Å². The number of anilines is 1. The summed E-state index contributed by atoms with van der Waals surface area (Å²) >= 11 is 3.25. The average molecular weight is 299 g/mol. The van der Waals surface area contributed by atoms with Crippen molar-refractivity contribution < 1.29 is 8.78 Å². The zero-order chi connectivity index (χ0) is 12.3. The third kappa shape index (κ3) is 2.79. The molecule has 0 unspecified atom stereocenters. The molecule has 0 bridgehead atoms. The standard InChI is InChI=1S/C12H9BrF2N2/c13-12-11(5-2-6-16-12)17-7-8-9(14)3-1-4-10(8)15/h1-6,17H,7H2. The van der Waals surface area contributed by atoms with Crippen molar-refractivity contribution >= 4 is 21.6 Å². The van der Waals surface area contributed by atoms with Crippen LogP contribution in [0.25, 0.3) is 0 Å². The lowest BCUT2D eigenvalue weighted by Gasteiger charge is -2.09. The zero-order valence-electron chi connectivity index (χ0n) is 8.75. The minimum absolute atomic E-state index is 0.0169. The van der Waals surface area contributed by atoms with Crippen molar-refractivity contribution in [2.75, 3.05) is 5.32 Å². The van der Waals surface area contributed by atoms with Gasteiger partial charge >= 0.3 is 0 Å². The summed E-state index contributed by atoms with van der Waals surface area (Å²) < 4.78 is 27.3. The predicted molar refractivity (Wildman–Crippen MR) is 65.6 cm³/mol. The highest BCUT2D eigenvalue weighted by molar-refractivity contribution is 9.10. The van der Waals surface area contributed by atoms with Gasteiger partial charge in [0.25, 0.3) is 0 Å². The first-order valence-corrected chi connectivity index (χ1v) is 5.75. The number of rotatable bonds is 3. The molecule has 1 heterocycles. The molecule has 2 rings (SSSR count). The van der Waals surface area contributed by atoms with E-state index in [4.69, 9.17) is 0 Å². The van der Waals surface area contributed by atoms with Crippen LogP contribution in [0.3, 0.4) is 0 Å². The lowest BCUT2D eigenvalue weighted by Crippen LogP contribution is -2.05. The summed E-state index contributed by atoms with van der Waals surface area (Å²) in [7, 11) is 0. The fourth-order valence-corrected chi connectivity index (χ4v) is 1.79.